The number of carbonyl (C=O) groups excluding carboxylic acids is 2. The quantitative estimate of drug-likeness (QED) is 0.552. The summed E-state index contributed by atoms with van der Waals surface area (Å²) in [5, 5.41) is 13.1. The molecule has 2 atom stereocenters. The Labute approximate surface area is 176 Å². The number of hydrogen-bond donors (Lipinski definition) is 3. The number of pyridine rings is 1. The van der Waals surface area contributed by atoms with Crippen molar-refractivity contribution in [3.8, 4) is 11.4 Å². The van der Waals surface area contributed by atoms with Gasteiger partial charge in [-0.15, -0.1) is 0 Å². The summed E-state index contributed by atoms with van der Waals surface area (Å²) in [7, 11) is 0. The van der Waals surface area contributed by atoms with Gasteiger partial charge in [-0.3, -0.25) is 9.59 Å². The molecule has 2 amide bonds. The molecule has 0 aliphatic carbocycles. The maximum absolute atomic E-state index is 13.4. The number of carbonyl (C=O) groups is 2. The number of halogens is 1. The van der Waals surface area contributed by atoms with Gasteiger partial charge in [0.15, 0.2) is 5.82 Å². The van der Waals surface area contributed by atoms with Crippen LogP contribution in [-0.4, -0.2) is 57.1 Å². The number of hydrogen-bond acceptors (Lipinski definition) is 7. The summed E-state index contributed by atoms with van der Waals surface area (Å²) in [5.74, 6) is -0.852. The number of anilines is 1. The van der Waals surface area contributed by atoms with Gasteiger partial charge in [0.1, 0.15) is 11.6 Å². The van der Waals surface area contributed by atoms with Crippen LogP contribution in [0.4, 0.5) is 10.2 Å². The van der Waals surface area contributed by atoms with E-state index >= 15 is 0 Å². The number of benzene rings is 1. The van der Waals surface area contributed by atoms with Gasteiger partial charge in [-0.25, -0.2) is 19.3 Å². The summed E-state index contributed by atoms with van der Waals surface area (Å²) < 4.78 is 13.4. The maximum Gasteiger partial charge on any atom is 0.254 e. The van der Waals surface area contributed by atoms with Gasteiger partial charge in [0, 0.05) is 37.2 Å². The van der Waals surface area contributed by atoms with Crippen molar-refractivity contribution < 1.29 is 19.1 Å². The van der Waals surface area contributed by atoms with E-state index in [1.165, 1.54) is 30.7 Å². The standard InChI is InChI=1S/C21H19FN6O3/c22-14-4-1-3-12(7-14)19-25-8-13(9-26-19)21(31)27-16-10-28(11-17(16)29)20-15(18(23)30)5-2-6-24-20/h1-9,16-17,29H,10-11H2,(H2,23,30)(H,27,31)/t16-,17+/m1/s1. The Hall–Kier alpha value is -3.92. The van der Waals surface area contributed by atoms with Crippen LogP contribution in [0.25, 0.3) is 11.4 Å². The summed E-state index contributed by atoms with van der Waals surface area (Å²) in [5.41, 5.74) is 6.33. The van der Waals surface area contributed by atoms with Crippen molar-refractivity contribution in [2.45, 2.75) is 12.1 Å². The largest absolute Gasteiger partial charge is 0.389 e. The number of primary amides is 1. The van der Waals surface area contributed by atoms with Crippen molar-refractivity contribution in [1.29, 1.82) is 0 Å². The van der Waals surface area contributed by atoms with E-state index in [1.807, 2.05) is 0 Å². The number of nitrogens with one attached hydrogen (secondary N) is 1. The molecule has 0 radical (unpaired) electrons. The summed E-state index contributed by atoms with van der Waals surface area (Å²) in [6.45, 7) is 0.420. The van der Waals surface area contributed by atoms with E-state index in [-0.39, 0.29) is 30.0 Å². The predicted octanol–water partition coefficient (Wildman–Crippen LogP) is 0.756. The molecule has 1 aliphatic heterocycles. The molecule has 158 valence electrons. The smallest absolute Gasteiger partial charge is 0.254 e. The molecule has 4 N–H and O–H groups in total. The molecule has 1 aromatic carbocycles. The van der Waals surface area contributed by atoms with Crippen LogP contribution in [-0.2, 0) is 0 Å². The molecular formula is C21H19FN6O3. The molecule has 31 heavy (non-hydrogen) atoms. The number of rotatable bonds is 5. The third-order valence-corrected chi connectivity index (χ3v) is 4.95. The Morgan fingerprint density at radius 3 is 2.61 bits per heavy atom. The summed E-state index contributed by atoms with van der Waals surface area (Å²) in [6, 6.07) is 8.39. The second-order valence-corrected chi connectivity index (χ2v) is 7.10. The minimum Gasteiger partial charge on any atom is -0.389 e. The highest BCUT2D eigenvalue weighted by atomic mass is 19.1. The van der Waals surface area contributed by atoms with E-state index in [0.717, 1.165) is 0 Å². The molecule has 0 bridgehead atoms. The molecule has 1 aliphatic rings. The van der Waals surface area contributed by atoms with Gasteiger partial charge in [0.2, 0.25) is 0 Å². The lowest BCUT2D eigenvalue weighted by molar-refractivity contribution is 0.0887. The van der Waals surface area contributed by atoms with E-state index in [9.17, 15) is 19.1 Å². The zero-order valence-corrected chi connectivity index (χ0v) is 16.3. The van der Waals surface area contributed by atoms with Gasteiger partial charge < -0.3 is 21.1 Å². The number of amides is 2. The lowest BCUT2D eigenvalue weighted by atomic mass is 10.2. The molecule has 2 aromatic heterocycles. The lowest BCUT2D eigenvalue weighted by Gasteiger charge is -2.19. The molecule has 4 rings (SSSR count). The molecule has 10 heteroatoms. The second kappa shape index (κ2) is 8.44. The third-order valence-electron chi connectivity index (χ3n) is 4.95. The fraction of sp³-hybridized carbons (Fsp3) is 0.190. The SMILES string of the molecule is NC(=O)c1cccnc1N1C[C@H](O)[C@H](NC(=O)c2cnc(-c3cccc(F)c3)nc2)C1. The van der Waals surface area contributed by atoms with Crippen LogP contribution in [0, 0.1) is 5.82 Å². The molecular weight excluding hydrogens is 403 g/mol. The highest BCUT2D eigenvalue weighted by Gasteiger charge is 2.34. The normalized spacial score (nSPS) is 18.1. The van der Waals surface area contributed by atoms with E-state index in [2.05, 4.69) is 20.3 Å². The Balaban J connectivity index is 1.45. The van der Waals surface area contributed by atoms with Gasteiger partial charge in [0.05, 0.1) is 23.3 Å². The van der Waals surface area contributed by atoms with Crippen molar-refractivity contribution in [2.24, 2.45) is 5.73 Å². The first-order chi connectivity index (χ1) is 14.9. The monoisotopic (exact) mass is 422 g/mol. The molecule has 3 aromatic rings. The highest BCUT2D eigenvalue weighted by Crippen LogP contribution is 2.22. The molecule has 1 saturated heterocycles. The fourth-order valence-corrected chi connectivity index (χ4v) is 3.42. The number of nitrogens with two attached hydrogens (primary N) is 1. The van der Waals surface area contributed by atoms with Crippen LogP contribution in [0.3, 0.4) is 0 Å². The third kappa shape index (κ3) is 4.33. The number of nitrogens with zero attached hydrogens (tertiary/aromatic N) is 4. The topological polar surface area (TPSA) is 134 Å². The lowest BCUT2D eigenvalue weighted by Crippen LogP contribution is -2.43. The summed E-state index contributed by atoms with van der Waals surface area (Å²) in [6.07, 6.45) is 3.33. The molecule has 9 nitrogen and oxygen atoms in total. The Morgan fingerprint density at radius 1 is 1.13 bits per heavy atom. The molecule has 0 unspecified atom stereocenters. The van der Waals surface area contributed by atoms with Crippen LogP contribution in [0.15, 0.2) is 55.0 Å². The van der Waals surface area contributed by atoms with E-state index < -0.39 is 29.8 Å². The van der Waals surface area contributed by atoms with Crippen LogP contribution in [0.1, 0.15) is 20.7 Å². The number of aliphatic hydroxyl groups is 1. The van der Waals surface area contributed by atoms with Crippen LogP contribution >= 0.6 is 0 Å². The predicted molar refractivity (Wildman–Crippen MR) is 110 cm³/mol. The minimum absolute atomic E-state index is 0.178. The second-order valence-electron chi connectivity index (χ2n) is 7.10. The van der Waals surface area contributed by atoms with E-state index in [1.54, 1.807) is 29.2 Å². The van der Waals surface area contributed by atoms with Crippen LogP contribution < -0.4 is 16.0 Å². The van der Waals surface area contributed by atoms with Gasteiger partial charge in [-0.05, 0) is 24.3 Å². The van der Waals surface area contributed by atoms with Gasteiger partial charge >= 0.3 is 0 Å². The minimum atomic E-state index is -0.876. The first-order valence-electron chi connectivity index (χ1n) is 9.49. The van der Waals surface area contributed by atoms with Crippen LogP contribution in [0.5, 0.6) is 0 Å². The van der Waals surface area contributed by atoms with E-state index in [0.29, 0.717) is 11.4 Å². The molecule has 0 spiro atoms. The zero-order chi connectivity index (χ0) is 22.0. The number of aromatic nitrogens is 3. The van der Waals surface area contributed by atoms with Crippen molar-refractivity contribution in [3.05, 3.63) is 71.9 Å². The Morgan fingerprint density at radius 2 is 1.90 bits per heavy atom. The Kier molecular flexibility index (Phi) is 5.54. The summed E-state index contributed by atoms with van der Waals surface area (Å²) >= 11 is 0. The summed E-state index contributed by atoms with van der Waals surface area (Å²) in [4.78, 5) is 38.4. The van der Waals surface area contributed by atoms with Crippen LogP contribution in [0.2, 0.25) is 0 Å². The van der Waals surface area contributed by atoms with Gasteiger partial charge in [-0.2, -0.15) is 0 Å². The molecule has 0 saturated carbocycles. The molecule has 3 heterocycles. The van der Waals surface area contributed by atoms with Gasteiger partial charge in [0.25, 0.3) is 11.8 Å². The first-order valence-corrected chi connectivity index (χ1v) is 9.49. The zero-order valence-electron chi connectivity index (χ0n) is 16.3. The highest BCUT2D eigenvalue weighted by molar-refractivity contribution is 5.98. The molecule has 1 fully saturated rings. The first kappa shape index (κ1) is 20.4. The van der Waals surface area contributed by atoms with Crippen molar-refractivity contribution >= 4 is 17.6 Å². The van der Waals surface area contributed by atoms with Gasteiger partial charge in [-0.1, -0.05) is 12.1 Å². The van der Waals surface area contributed by atoms with Crippen molar-refractivity contribution in [1.82, 2.24) is 20.3 Å². The average molecular weight is 422 g/mol. The average Bonchev–Trinajstić information content (AvgIpc) is 3.14. The number of aliphatic hydroxyl groups excluding tert-OH is 1. The number of β-amino-alcohol motifs (C(OH)–C–C–N with tert-alkyl or cyclic N) is 1. The van der Waals surface area contributed by atoms with Crippen molar-refractivity contribution in [3.63, 3.8) is 0 Å². The Bertz CT molecular complexity index is 1120. The van der Waals surface area contributed by atoms with Crippen molar-refractivity contribution in [2.75, 3.05) is 18.0 Å². The fourth-order valence-electron chi connectivity index (χ4n) is 3.42. The van der Waals surface area contributed by atoms with E-state index in [4.69, 9.17) is 5.73 Å². The maximum atomic E-state index is 13.4.